The van der Waals surface area contributed by atoms with Gasteiger partial charge in [-0.25, -0.2) is 0 Å². The van der Waals surface area contributed by atoms with Gasteiger partial charge < -0.3 is 15.5 Å². The highest BCUT2D eigenvalue weighted by molar-refractivity contribution is 7.99. The average Bonchev–Trinajstić information content (AvgIpc) is 2.77. The fourth-order valence-electron chi connectivity index (χ4n) is 4.19. The third kappa shape index (κ3) is 6.31. The predicted octanol–water partition coefficient (Wildman–Crippen LogP) is 3.17. The van der Waals surface area contributed by atoms with Crippen LogP contribution in [0.4, 0.5) is 5.69 Å². The molecule has 0 aliphatic carbocycles. The molecule has 2 fully saturated rings. The molecule has 1 atom stereocenters. The standard InChI is InChI=1S/C22H37N5S/c1-3-20-6-4-5-12-26(20)13-11-24-22(23-2)25-18-19-7-9-21(10-8-19)27-14-16-28-17-15-27/h7-10,20H,3-6,11-18H2,1-2H3,(H2,23,24,25). The molecule has 3 rings (SSSR count). The molecule has 0 aromatic heterocycles. The van der Waals surface area contributed by atoms with Crippen LogP contribution in [-0.2, 0) is 6.54 Å². The summed E-state index contributed by atoms with van der Waals surface area (Å²) in [6.45, 7) is 8.73. The minimum Gasteiger partial charge on any atom is -0.370 e. The maximum atomic E-state index is 4.38. The largest absolute Gasteiger partial charge is 0.370 e. The molecule has 156 valence electrons. The number of aliphatic imine (C=N–C) groups is 1. The second-order valence-corrected chi connectivity index (χ2v) is 8.94. The number of nitrogens with one attached hydrogen (secondary N) is 2. The minimum atomic E-state index is 0.766. The second kappa shape index (κ2) is 11.6. The van der Waals surface area contributed by atoms with Crippen molar-refractivity contribution in [2.24, 2.45) is 4.99 Å². The SMILES string of the molecule is CCC1CCCCN1CCNC(=NC)NCc1ccc(N2CCSCC2)cc1. The Balaban J connectivity index is 1.40. The first-order valence-electron chi connectivity index (χ1n) is 10.9. The van der Waals surface area contributed by atoms with E-state index in [1.54, 1.807) is 0 Å². The molecule has 1 aromatic carbocycles. The van der Waals surface area contributed by atoms with Gasteiger partial charge in [-0.2, -0.15) is 11.8 Å². The first-order chi connectivity index (χ1) is 13.8. The zero-order valence-corrected chi connectivity index (χ0v) is 18.4. The summed E-state index contributed by atoms with van der Waals surface area (Å²) in [4.78, 5) is 9.51. The minimum absolute atomic E-state index is 0.766. The molecule has 0 bridgehead atoms. The van der Waals surface area contributed by atoms with Gasteiger partial charge in [0.05, 0.1) is 0 Å². The Bertz CT molecular complexity index is 597. The molecule has 0 spiro atoms. The van der Waals surface area contributed by atoms with Gasteiger partial charge in [0.15, 0.2) is 5.96 Å². The summed E-state index contributed by atoms with van der Waals surface area (Å²) in [5.74, 6) is 3.37. The van der Waals surface area contributed by atoms with Gasteiger partial charge in [0, 0.05) is 63.0 Å². The molecule has 6 heteroatoms. The Morgan fingerprint density at radius 2 is 1.89 bits per heavy atom. The van der Waals surface area contributed by atoms with Gasteiger partial charge in [0.1, 0.15) is 0 Å². The number of rotatable bonds is 7. The van der Waals surface area contributed by atoms with E-state index in [1.165, 1.54) is 55.0 Å². The number of guanidine groups is 1. The van der Waals surface area contributed by atoms with E-state index in [4.69, 9.17) is 0 Å². The Morgan fingerprint density at radius 1 is 1.11 bits per heavy atom. The lowest BCUT2D eigenvalue weighted by atomic mass is 10.0. The van der Waals surface area contributed by atoms with Crippen molar-refractivity contribution in [1.29, 1.82) is 0 Å². The third-order valence-electron chi connectivity index (χ3n) is 5.91. The lowest BCUT2D eigenvalue weighted by Crippen LogP contribution is -2.45. The Labute approximate surface area is 175 Å². The molecule has 2 heterocycles. The van der Waals surface area contributed by atoms with Crippen molar-refractivity contribution in [3.8, 4) is 0 Å². The fraction of sp³-hybridized carbons (Fsp3) is 0.682. The number of benzene rings is 1. The summed E-state index contributed by atoms with van der Waals surface area (Å²) < 4.78 is 0. The Hall–Kier alpha value is -1.40. The Kier molecular flexibility index (Phi) is 8.80. The van der Waals surface area contributed by atoms with Crippen LogP contribution in [0.5, 0.6) is 0 Å². The highest BCUT2D eigenvalue weighted by Gasteiger charge is 2.20. The van der Waals surface area contributed by atoms with Gasteiger partial charge in [0.2, 0.25) is 0 Å². The first-order valence-corrected chi connectivity index (χ1v) is 12.1. The van der Waals surface area contributed by atoms with Crippen LogP contribution >= 0.6 is 11.8 Å². The average molecular weight is 404 g/mol. The van der Waals surface area contributed by atoms with Gasteiger partial charge >= 0.3 is 0 Å². The third-order valence-corrected chi connectivity index (χ3v) is 6.85. The van der Waals surface area contributed by atoms with Crippen LogP contribution in [0.1, 0.15) is 38.2 Å². The van der Waals surface area contributed by atoms with Crippen molar-refractivity contribution in [2.75, 3.05) is 56.2 Å². The molecule has 2 aliphatic heterocycles. The van der Waals surface area contributed by atoms with E-state index < -0.39 is 0 Å². The van der Waals surface area contributed by atoms with E-state index in [1.807, 2.05) is 7.05 Å². The number of hydrogen-bond donors (Lipinski definition) is 2. The van der Waals surface area contributed by atoms with Gasteiger partial charge in [-0.1, -0.05) is 25.5 Å². The van der Waals surface area contributed by atoms with Crippen LogP contribution in [-0.4, -0.2) is 68.2 Å². The van der Waals surface area contributed by atoms with Gasteiger partial charge in [-0.15, -0.1) is 0 Å². The summed E-state index contributed by atoms with van der Waals surface area (Å²) >= 11 is 2.05. The molecule has 0 amide bonds. The molecule has 0 radical (unpaired) electrons. The molecule has 1 aromatic rings. The van der Waals surface area contributed by atoms with Crippen molar-refractivity contribution >= 4 is 23.4 Å². The van der Waals surface area contributed by atoms with Crippen LogP contribution in [0.15, 0.2) is 29.3 Å². The highest BCUT2D eigenvalue weighted by Crippen LogP contribution is 2.20. The van der Waals surface area contributed by atoms with Crippen LogP contribution in [0.3, 0.4) is 0 Å². The molecule has 2 aliphatic rings. The molecule has 1 unspecified atom stereocenters. The van der Waals surface area contributed by atoms with Crippen molar-refractivity contribution in [3.63, 3.8) is 0 Å². The van der Waals surface area contributed by atoms with Crippen LogP contribution in [0, 0.1) is 0 Å². The lowest BCUT2D eigenvalue weighted by molar-refractivity contribution is 0.147. The number of anilines is 1. The molecular weight excluding hydrogens is 366 g/mol. The first kappa shape index (κ1) is 21.3. The topological polar surface area (TPSA) is 42.9 Å². The van der Waals surface area contributed by atoms with Gasteiger partial charge in [-0.3, -0.25) is 9.89 Å². The van der Waals surface area contributed by atoms with E-state index in [9.17, 15) is 0 Å². The quantitative estimate of drug-likeness (QED) is 0.541. The number of nitrogens with zero attached hydrogens (tertiary/aromatic N) is 3. The normalized spacial score (nSPS) is 21.6. The van der Waals surface area contributed by atoms with Crippen molar-refractivity contribution in [2.45, 2.75) is 45.2 Å². The Morgan fingerprint density at radius 3 is 2.61 bits per heavy atom. The van der Waals surface area contributed by atoms with Crippen molar-refractivity contribution < 1.29 is 0 Å². The molecule has 0 saturated carbocycles. The number of hydrogen-bond acceptors (Lipinski definition) is 4. The summed E-state index contributed by atoms with van der Waals surface area (Å²) in [5.41, 5.74) is 2.64. The monoisotopic (exact) mass is 403 g/mol. The molecule has 2 N–H and O–H groups in total. The second-order valence-electron chi connectivity index (χ2n) is 7.71. The highest BCUT2D eigenvalue weighted by atomic mass is 32.2. The van der Waals surface area contributed by atoms with E-state index in [-0.39, 0.29) is 0 Å². The maximum absolute atomic E-state index is 4.38. The summed E-state index contributed by atoms with van der Waals surface area (Å²) in [5, 5.41) is 6.93. The number of likely N-dealkylation sites (tertiary alicyclic amines) is 1. The molecule has 2 saturated heterocycles. The number of thioether (sulfide) groups is 1. The van der Waals surface area contributed by atoms with Gasteiger partial charge in [0.25, 0.3) is 0 Å². The maximum Gasteiger partial charge on any atom is 0.191 e. The van der Waals surface area contributed by atoms with Crippen LogP contribution in [0.2, 0.25) is 0 Å². The van der Waals surface area contributed by atoms with E-state index in [0.29, 0.717) is 0 Å². The summed E-state index contributed by atoms with van der Waals surface area (Å²) in [6.07, 6.45) is 5.35. The number of piperidine rings is 1. The van der Waals surface area contributed by atoms with E-state index in [2.05, 4.69) is 68.4 Å². The smallest absolute Gasteiger partial charge is 0.191 e. The summed E-state index contributed by atoms with van der Waals surface area (Å²) in [6, 6.07) is 9.74. The van der Waals surface area contributed by atoms with Crippen LogP contribution < -0.4 is 15.5 Å². The van der Waals surface area contributed by atoms with E-state index >= 15 is 0 Å². The van der Waals surface area contributed by atoms with E-state index in [0.717, 1.165) is 44.7 Å². The lowest BCUT2D eigenvalue weighted by Gasteiger charge is -2.35. The zero-order valence-electron chi connectivity index (χ0n) is 17.6. The predicted molar refractivity (Wildman–Crippen MR) is 124 cm³/mol. The zero-order chi connectivity index (χ0) is 19.6. The summed E-state index contributed by atoms with van der Waals surface area (Å²) in [7, 11) is 1.85. The molecule has 5 nitrogen and oxygen atoms in total. The van der Waals surface area contributed by atoms with Crippen molar-refractivity contribution in [1.82, 2.24) is 15.5 Å². The fourth-order valence-corrected chi connectivity index (χ4v) is 5.09. The van der Waals surface area contributed by atoms with Crippen molar-refractivity contribution in [3.05, 3.63) is 29.8 Å². The van der Waals surface area contributed by atoms with Gasteiger partial charge in [-0.05, 0) is 43.5 Å². The van der Waals surface area contributed by atoms with Crippen LogP contribution in [0.25, 0.3) is 0 Å². The molecule has 28 heavy (non-hydrogen) atoms. The molecular formula is C22H37N5S.